The number of esters is 1. The molecular formula is C21H28O4. The summed E-state index contributed by atoms with van der Waals surface area (Å²) in [4.78, 5) is 23.5. The van der Waals surface area contributed by atoms with E-state index in [2.05, 4.69) is 6.92 Å². The van der Waals surface area contributed by atoms with Crippen LogP contribution in [0.15, 0.2) is 23.8 Å². The van der Waals surface area contributed by atoms with E-state index in [9.17, 15) is 9.59 Å². The summed E-state index contributed by atoms with van der Waals surface area (Å²) in [5, 5.41) is 0. The molecule has 0 amide bonds. The number of ketones is 1. The van der Waals surface area contributed by atoms with Gasteiger partial charge < -0.3 is 9.47 Å². The molecule has 4 rings (SSSR count). The Morgan fingerprint density at radius 1 is 1.20 bits per heavy atom. The summed E-state index contributed by atoms with van der Waals surface area (Å²) in [5.74, 6) is 1.46. The van der Waals surface area contributed by atoms with Gasteiger partial charge in [0, 0.05) is 19.4 Å². The van der Waals surface area contributed by atoms with E-state index in [1.807, 2.05) is 12.2 Å². The molecule has 3 saturated carbocycles. The van der Waals surface area contributed by atoms with E-state index >= 15 is 0 Å². The Balaban J connectivity index is 1.64. The zero-order valence-electron chi connectivity index (χ0n) is 15.4. The highest BCUT2D eigenvalue weighted by Crippen LogP contribution is 2.62. The molecule has 4 heteroatoms. The maximum Gasteiger partial charge on any atom is 0.302 e. The van der Waals surface area contributed by atoms with Gasteiger partial charge in [0.2, 0.25) is 0 Å². The van der Waals surface area contributed by atoms with Crippen molar-refractivity contribution < 1.29 is 19.1 Å². The molecule has 0 aromatic rings. The molecule has 25 heavy (non-hydrogen) atoms. The predicted molar refractivity (Wildman–Crippen MR) is 93.8 cm³/mol. The lowest BCUT2D eigenvalue weighted by molar-refractivity contribution is -0.155. The zero-order valence-corrected chi connectivity index (χ0v) is 15.4. The molecule has 0 spiro atoms. The van der Waals surface area contributed by atoms with Crippen molar-refractivity contribution in [2.24, 2.45) is 23.2 Å². The number of hydrogen-bond acceptors (Lipinski definition) is 4. The van der Waals surface area contributed by atoms with Gasteiger partial charge in [0.25, 0.3) is 0 Å². The Kier molecular flexibility index (Phi) is 3.95. The molecule has 0 aromatic heterocycles. The zero-order chi connectivity index (χ0) is 17.8. The molecular weight excluding hydrogens is 316 g/mol. The fourth-order valence-electron chi connectivity index (χ4n) is 6.38. The highest BCUT2D eigenvalue weighted by molar-refractivity contribution is 6.01. The molecule has 0 aliphatic heterocycles. The van der Waals surface area contributed by atoms with Gasteiger partial charge >= 0.3 is 5.97 Å². The van der Waals surface area contributed by atoms with E-state index in [4.69, 9.17) is 9.47 Å². The molecule has 0 bridgehead atoms. The van der Waals surface area contributed by atoms with Gasteiger partial charge in [-0.05, 0) is 80.1 Å². The monoisotopic (exact) mass is 344 g/mol. The fourth-order valence-corrected chi connectivity index (χ4v) is 6.38. The molecule has 0 N–H and O–H groups in total. The molecule has 4 aliphatic carbocycles. The summed E-state index contributed by atoms with van der Waals surface area (Å²) in [6.45, 7) is 3.83. The number of carbonyl (C=O) groups is 2. The first kappa shape index (κ1) is 17.0. The van der Waals surface area contributed by atoms with Crippen LogP contribution in [-0.4, -0.2) is 30.6 Å². The molecule has 0 saturated heterocycles. The average molecular weight is 344 g/mol. The lowest BCUT2D eigenvalue weighted by Gasteiger charge is -2.54. The largest absolute Gasteiger partial charge is 0.462 e. The average Bonchev–Trinajstić information content (AvgIpc) is 2.91. The van der Waals surface area contributed by atoms with Gasteiger partial charge in [-0.3, -0.25) is 9.59 Å². The van der Waals surface area contributed by atoms with Crippen molar-refractivity contribution >= 4 is 11.8 Å². The van der Waals surface area contributed by atoms with Crippen LogP contribution in [0, 0.1) is 23.2 Å². The maximum absolute atomic E-state index is 12.0. The quantitative estimate of drug-likeness (QED) is 0.718. The third kappa shape index (κ3) is 2.44. The lowest BCUT2D eigenvalue weighted by atomic mass is 9.52. The van der Waals surface area contributed by atoms with Crippen molar-refractivity contribution in [3.8, 4) is 0 Å². The summed E-state index contributed by atoms with van der Waals surface area (Å²) in [7, 11) is 1.76. The first-order valence-electron chi connectivity index (χ1n) is 9.57. The van der Waals surface area contributed by atoms with Crippen LogP contribution in [0.4, 0.5) is 0 Å². The first-order chi connectivity index (χ1) is 11.9. The Labute approximate surface area is 149 Å². The van der Waals surface area contributed by atoms with Crippen molar-refractivity contribution in [3.05, 3.63) is 23.8 Å². The van der Waals surface area contributed by atoms with Crippen LogP contribution in [-0.2, 0) is 19.1 Å². The summed E-state index contributed by atoms with van der Waals surface area (Å²) in [6, 6.07) is 0. The number of ether oxygens (including phenoxy) is 2. The minimum Gasteiger partial charge on any atom is -0.462 e. The van der Waals surface area contributed by atoms with E-state index < -0.39 is 0 Å². The Bertz CT molecular complexity index is 663. The van der Waals surface area contributed by atoms with Gasteiger partial charge in [0.05, 0.1) is 0 Å². The van der Waals surface area contributed by atoms with Crippen molar-refractivity contribution in [1.82, 2.24) is 0 Å². The van der Waals surface area contributed by atoms with E-state index in [1.165, 1.54) is 12.5 Å². The van der Waals surface area contributed by atoms with Crippen molar-refractivity contribution in [2.75, 3.05) is 7.11 Å². The van der Waals surface area contributed by atoms with Crippen LogP contribution in [0.1, 0.15) is 52.4 Å². The molecule has 3 fully saturated rings. The van der Waals surface area contributed by atoms with E-state index in [1.54, 1.807) is 13.2 Å². The molecule has 4 nitrogen and oxygen atoms in total. The molecule has 0 radical (unpaired) electrons. The number of methoxy groups -OCH3 is 1. The minimum atomic E-state index is -0.378. The number of hydrogen-bond donors (Lipinski definition) is 0. The summed E-state index contributed by atoms with van der Waals surface area (Å²) < 4.78 is 11.6. The Morgan fingerprint density at radius 3 is 2.72 bits per heavy atom. The second-order valence-electron chi connectivity index (χ2n) is 8.56. The predicted octanol–water partition coefficient (Wildman–Crippen LogP) is 3.60. The van der Waals surface area contributed by atoms with E-state index in [0.717, 1.165) is 38.5 Å². The van der Waals surface area contributed by atoms with Crippen LogP contribution in [0.5, 0.6) is 0 Å². The number of allylic oxidation sites excluding steroid dienone is 2. The first-order valence-corrected chi connectivity index (χ1v) is 9.57. The second kappa shape index (κ2) is 5.80. The molecule has 4 aliphatic rings. The summed E-state index contributed by atoms with van der Waals surface area (Å²) in [6.07, 6.45) is 11.8. The number of rotatable bonds is 2. The van der Waals surface area contributed by atoms with Crippen molar-refractivity contribution in [1.29, 1.82) is 0 Å². The standard InChI is InChI=1S/C21H28O4/c1-13(22)25-19-5-4-17-15-8-11-21(24-3)10-6-14(23)12-18(21)16(15)7-9-20(17,19)2/h6,10,12,15-17,19H,4-5,7-9,11H2,1-3H3. The van der Waals surface area contributed by atoms with Gasteiger partial charge in [0.15, 0.2) is 5.78 Å². The third-order valence-electron chi connectivity index (χ3n) is 7.57. The highest BCUT2D eigenvalue weighted by Gasteiger charge is 2.59. The van der Waals surface area contributed by atoms with Crippen molar-refractivity contribution in [2.45, 2.75) is 64.1 Å². The lowest BCUT2D eigenvalue weighted by Crippen LogP contribution is -2.51. The van der Waals surface area contributed by atoms with Crippen LogP contribution in [0.3, 0.4) is 0 Å². The van der Waals surface area contributed by atoms with Gasteiger partial charge in [0.1, 0.15) is 11.7 Å². The topological polar surface area (TPSA) is 52.6 Å². The number of fused-ring (bicyclic) bond motifs is 5. The maximum atomic E-state index is 12.0. The number of carbonyl (C=O) groups excluding carboxylic acids is 2. The Hall–Kier alpha value is -1.42. The van der Waals surface area contributed by atoms with E-state index in [0.29, 0.717) is 17.8 Å². The Morgan fingerprint density at radius 2 is 2.00 bits per heavy atom. The van der Waals surface area contributed by atoms with Crippen LogP contribution in [0.25, 0.3) is 0 Å². The van der Waals surface area contributed by atoms with Gasteiger partial charge in [-0.15, -0.1) is 0 Å². The minimum absolute atomic E-state index is 0.0481. The van der Waals surface area contributed by atoms with Crippen molar-refractivity contribution in [3.63, 3.8) is 0 Å². The van der Waals surface area contributed by atoms with Gasteiger partial charge in [-0.1, -0.05) is 6.92 Å². The SMILES string of the molecule is COC12C=CC(=O)C=C1C1CCC3(C)C(OC(C)=O)CCC3C1CC2. The molecule has 0 aromatic carbocycles. The van der Waals surface area contributed by atoms with E-state index in [-0.39, 0.29) is 28.9 Å². The molecule has 0 heterocycles. The van der Waals surface area contributed by atoms with Crippen LogP contribution < -0.4 is 0 Å². The molecule has 136 valence electrons. The molecule has 6 unspecified atom stereocenters. The smallest absolute Gasteiger partial charge is 0.302 e. The molecule has 6 atom stereocenters. The highest BCUT2D eigenvalue weighted by atomic mass is 16.5. The second-order valence-corrected chi connectivity index (χ2v) is 8.56. The third-order valence-corrected chi connectivity index (χ3v) is 7.57. The normalized spacial score (nSPS) is 45.2. The van der Waals surface area contributed by atoms with Crippen LogP contribution in [0.2, 0.25) is 0 Å². The summed E-state index contributed by atoms with van der Waals surface area (Å²) >= 11 is 0. The fraction of sp³-hybridized carbons (Fsp3) is 0.714. The van der Waals surface area contributed by atoms with Crippen LogP contribution >= 0.6 is 0 Å². The summed E-state index contributed by atoms with van der Waals surface area (Å²) in [5.41, 5.74) is 0.892. The van der Waals surface area contributed by atoms with Gasteiger partial charge in [-0.25, -0.2) is 0 Å². The van der Waals surface area contributed by atoms with Gasteiger partial charge in [-0.2, -0.15) is 0 Å².